The molecule has 0 bridgehead atoms. The molecule has 1 atom stereocenters. The third-order valence-electron chi connectivity index (χ3n) is 6.67. The number of anilines is 1. The molecule has 2 aliphatic rings. The number of aromatic nitrogens is 3. The number of benzene rings is 1. The summed E-state index contributed by atoms with van der Waals surface area (Å²) >= 11 is 1.70. The lowest BCUT2D eigenvalue weighted by Gasteiger charge is -2.33. The van der Waals surface area contributed by atoms with Gasteiger partial charge in [0.2, 0.25) is 5.91 Å². The number of thiazole rings is 1. The molecule has 7 heteroatoms. The molecule has 2 fully saturated rings. The Labute approximate surface area is 187 Å². The van der Waals surface area contributed by atoms with E-state index in [2.05, 4.69) is 41.4 Å². The number of hydrogen-bond acceptors (Lipinski definition) is 5. The first-order valence-corrected chi connectivity index (χ1v) is 12.4. The number of rotatable bonds is 4. The highest BCUT2D eigenvalue weighted by molar-refractivity contribution is 7.22. The number of carbonyl (C=O) groups is 1. The van der Waals surface area contributed by atoms with Crippen molar-refractivity contribution in [3.05, 3.63) is 35.5 Å². The largest absolute Gasteiger partial charge is 0.353 e. The zero-order valence-electron chi connectivity index (χ0n) is 18.4. The molecule has 6 nitrogen and oxygen atoms in total. The van der Waals surface area contributed by atoms with Gasteiger partial charge in [-0.3, -0.25) is 4.79 Å². The molecule has 0 radical (unpaired) electrons. The van der Waals surface area contributed by atoms with Crippen LogP contribution < -0.4 is 10.2 Å². The number of nitrogens with zero attached hydrogens (tertiary/aromatic N) is 4. The van der Waals surface area contributed by atoms with E-state index in [1.54, 1.807) is 11.3 Å². The van der Waals surface area contributed by atoms with Gasteiger partial charge in [-0.05, 0) is 51.7 Å². The molecule has 164 valence electrons. The summed E-state index contributed by atoms with van der Waals surface area (Å²) in [4.78, 5) is 20.2. The molecule has 1 aliphatic carbocycles. The van der Waals surface area contributed by atoms with Crippen LogP contribution in [0, 0.1) is 19.8 Å². The van der Waals surface area contributed by atoms with Crippen LogP contribution in [-0.2, 0) is 4.79 Å². The zero-order valence-corrected chi connectivity index (χ0v) is 19.2. The highest BCUT2D eigenvalue weighted by atomic mass is 32.1. The van der Waals surface area contributed by atoms with Crippen molar-refractivity contribution >= 4 is 32.7 Å². The predicted octanol–water partition coefficient (Wildman–Crippen LogP) is 4.76. The molecule has 1 saturated carbocycles. The van der Waals surface area contributed by atoms with Crippen molar-refractivity contribution < 1.29 is 4.79 Å². The second kappa shape index (κ2) is 8.61. The number of nitrogens with one attached hydrogen (secondary N) is 1. The molecule has 1 aliphatic heterocycles. The Morgan fingerprint density at radius 1 is 1.06 bits per heavy atom. The average molecular weight is 438 g/mol. The molecular weight excluding hydrogens is 406 g/mol. The first kappa shape index (κ1) is 20.5. The lowest BCUT2D eigenvalue weighted by molar-refractivity contribution is -0.126. The Kier molecular flexibility index (Phi) is 5.69. The molecule has 1 N–H and O–H groups in total. The zero-order chi connectivity index (χ0) is 21.4. The predicted molar refractivity (Wildman–Crippen MR) is 126 cm³/mol. The number of carbonyl (C=O) groups excluding carboxylic acids is 1. The number of piperidine rings is 1. The summed E-state index contributed by atoms with van der Waals surface area (Å²) in [6.45, 7) is 5.85. The summed E-state index contributed by atoms with van der Waals surface area (Å²) in [7, 11) is 0. The van der Waals surface area contributed by atoms with Gasteiger partial charge in [0.1, 0.15) is 0 Å². The normalized spacial score (nSPS) is 20.3. The highest BCUT2D eigenvalue weighted by Crippen LogP contribution is 2.34. The Hall–Kier alpha value is -2.41. The van der Waals surface area contributed by atoms with Crippen LogP contribution in [0.3, 0.4) is 0 Å². The number of amides is 1. The molecule has 0 spiro atoms. The van der Waals surface area contributed by atoms with Crippen molar-refractivity contribution in [2.75, 3.05) is 18.0 Å². The van der Waals surface area contributed by atoms with Gasteiger partial charge in [-0.15, -0.1) is 0 Å². The summed E-state index contributed by atoms with van der Waals surface area (Å²) in [5.41, 5.74) is 4.18. The van der Waals surface area contributed by atoms with Crippen molar-refractivity contribution in [1.29, 1.82) is 0 Å². The second-order valence-electron chi connectivity index (χ2n) is 9.11. The summed E-state index contributed by atoms with van der Waals surface area (Å²) in [5.74, 6) is 0.289. The van der Waals surface area contributed by atoms with Crippen molar-refractivity contribution in [2.45, 2.75) is 64.8 Å². The van der Waals surface area contributed by atoms with Crippen LogP contribution >= 0.6 is 11.3 Å². The second-order valence-corrected chi connectivity index (χ2v) is 10.1. The summed E-state index contributed by atoms with van der Waals surface area (Å²) in [6.07, 6.45) is 8.05. The van der Waals surface area contributed by atoms with Gasteiger partial charge in [0.15, 0.2) is 10.8 Å². The molecule has 1 amide bonds. The lowest BCUT2D eigenvalue weighted by Crippen LogP contribution is -2.46. The highest BCUT2D eigenvalue weighted by Gasteiger charge is 2.29. The van der Waals surface area contributed by atoms with E-state index in [0.717, 1.165) is 65.6 Å². The molecule has 3 aromatic rings. The van der Waals surface area contributed by atoms with E-state index in [-0.39, 0.29) is 11.8 Å². The standard InChI is InChI=1S/C24H31N5OS/c1-16-10-12-20(13-11-16)29-22-21(17(2)27-29)31-24(26-22)28-14-6-7-18(15-28)23(30)25-19-8-4-3-5-9-19/h10-13,18-19H,3-9,14-15H2,1-2H3,(H,25,30)/t18-/m1/s1. The van der Waals surface area contributed by atoms with Crippen molar-refractivity contribution in [3.63, 3.8) is 0 Å². The average Bonchev–Trinajstić information content (AvgIpc) is 3.36. The summed E-state index contributed by atoms with van der Waals surface area (Å²) in [6, 6.07) is 8.76. The quantitative estimate of drug-likeness (QED) is 0.639. The van der Waals surface area contributed by atoms with Gasteiger partial charge in [0.05, 0.1) is 22.0 Å². The Morgan fingerprint density at radius 2 is 1.84 bits per heavy atom. The molecule has 2 aromatic heterocycles. The van der Waals surface area contributed by atoms with Crippen LogP contribution in [0.2, 0.25) is 0 Å². The number of aryl methyl sites for hydroxylation is 2. The molecule has 31 heavy (non-hydrogen) atoms. The Morgan fingerprint density at radius 3 is 2.61 bits per heavy atom. The van der Waals surface area contributed by atoms with E-state index in [0.29, 0.717) is 6.04 Å². The third-order valence-corrected chi connectivity index (χ3v) is 7.88. The van der Waals surface area contributed by atoms with Crippen molar-refractivity contribution in [2.24, 2.45) is 5.92 Å². The van der Waals surface area contributed by atoms with Gasteiger partial charge >= 0.3 is 0 Å². The Bertz CT molecular complexity index is 1060. The maximum absolute atomic E-state index is 12.9. The van der Waals surface area contributed by atoms with E-state index >= 15 is 0 Å². The molecule has 5 rings (SSSR count). The van der Waals surface area contributed by atoms with E-state index in [1.807, 2.05) is 11.6 Å². The third kappa shape index (κ3) is 4.20. The smallest absolute Gasteiger partial charge is 0.225 e. The van der Waals surface area contributed by atoms with Gasteiger partial charge in [-0.1, -0.05) is 48.3 Å². The SMILES string of the molecule is Cc1ccc(-n2nc(C)c3sc(N4CCC[C@@H](C(=O)NC5CCCCC5)C4)nc32)cc1. The maximum Gasteiger partial charge on any atom is 0.225 e. The summed E-state index contributed by atoms with van der Waals surface area (Å²) < 4.78 is 3.07. The molecule has 1 saturated heterocycles. The fourth-order valence-electron chi connectivity index (χ4n) is 4.86. The first-order valence-electron chi connectivity index (χ1n) is 11.6. The fraction of sp³-hybridized carbons (Fsp3) is 0.542. The van der Waals surface area contributed by atoms with Crippen LogP contribution in [0.15, 0.2) is 24.3 Å². The number of hydrogen-bond donors (Lipinski definition) is 1. The van der Waals surface area contributed by atoms with Crippen LogP contribution in [0.25, 0.3) is 16.0 Å². The van der Waals surface area contributed by atoms with Gasteiger partial charge < -0.3 is 10.2 Å². The van der Waals surface area contributed by atoms with Crippen molar-refractivity contribution in [3.8, 4) is 5.69 Å². The minimum atomic E-state index is 0.0531. The van der Waals surface area contributed by atoms with E-state index < -0.39 is 0 Å². The monoisotopic (exact) mass is 437 g/mol. The lowest BCUT2D eigenvalue weighted by atomic mass is 9.93. The molecule has 0 unspecified atom stereocenters. The molecule has 1 aromatic carbocycles. The first-order chi connectivity index (χ1) is 15.1. The van der Waals surface area contributed by atoms with E-state index in [9.17, 15) is 4.79 Å². The van der Waals surface area contributed by atoms with Crippen LogP contribution in [0.1, 0.15) is 56.2 Å². The van der Waals surface area contributed by atoms with E-state index in [4.69, 9.17) is 10.1 Å². The van der Waals surface area contributed by atoms with Gasteiger partial charge in [-0.25, -0.2) is 4.68 Å². The van der Waals surface area contributed by atoms with Gasteiger partial charge in [0, 0.05) is 19.1 Å². The van der Waals surface area contributed by atoms with Crippen LogP contribution in [0.5, 0.6) is 0 Å². The topological polar surface area (TPSA) is 63.1 Å². The summed E-state index contributed by atoms with van der Waals surface area (Å²) in [5, 5.41) is 9.06. The van der Waals surface area contributed by atoms with Crippen molar-refractivity contribution in [1.82, 2.24) is 20.1 Å². The molecule has 3 heterocycles. The van der Waals surface area contributed by atoms with Gasteiger partial charge in [0.25, 0.3) is 0 Å². The fourth-order valence-corrected chi connectivity index (χ4v) is 5.88. The van der Waals surface area contributed by atoms with Crippen LogP contribution in [0.4, 0.5) is 5.13 Å². The van der Waals surface area contributed by atoms with Crippen LogP contribution in [-0.4, -0.2) is 39.8 Å². The van der Waals surface area contributed by atoms with E-state index in [1.165, 1.54) is 24.8 Å². The maximum atomic E-state index is 12.9. The van der Waals surface area contributed by atoms with Gasteiger partial charge in [-0.2, -0.15) is 10.1 Å². The Balaban J connectivity index is 1.34. The number of fused-ring (bicyclic) bond motifs is 1. The minimum Gasteiger partial charge on any atom is -0.353 e. The molecular formula is C24H31N5OS. The minimum absolute atomic E-state index is 0.0531.